The van der Waals surface area contributed by atoms with Gasteiger partial charge in [-0.25, -0.2) is 0 Å². The summed E-state index contributed by atoms with van der Waals surface area (Å²) in [6, 6.07) is 3.68. The van der Waals surface area contributed by atoms with Gasteiger partial charge in [0.1, 0.15) is 0 Å². The Kier molecular flexibility index (Phi) is 3.90. The van der Waals surface area contributed by atoms with Crippen molar-refractivity contribution in [2.24, 2.45) is 5.73 Å². The summed E-state index contributed by atoms with van der Waals surface area (Å²) in [4.78, 5) is 11.3. The number of carboxylic acids is 1. The number of hydrogen-bond acceptors (Lipinski definition) is 3. The molecule has 0 aromatic carbocycles. The zero-order valence-corrected chi connectivity index (χ0v) is 9.27. The summed E-state index contributed by atoms with van der Waals surface area (Å²) in [5.74, 6) is -0.800. The highest BCUT2D eigenvalue weighted by Gasteiger charge is 2.10. The van der Waals surface area contributed by atoms with E-state index in [0.29, 0.717) is 6.42 Å². The summed E-state index contributed by atoms with van der Waals surface area (Å²) in [6.45, 7) is 0. The molecule has 0 bridgehead atoms. The van der Waals surface area contributed by atoms with Crippen LogP contribution >= 0.6 is 27.3 Å². The minimum atomic E-state index is -0.800. The molecular formula is C8H10BrNO2S. The lowest BCUT2D eigenvalue weighted by atomic mass is 10.1. The van der Waals surface area contributed by atoms with Crippen LogP contribution in [0.3, 0.4) is 0 Å². The SMILES string of the molecule is NC(CCC(=O)O)c1ccc(Br)s1. The molecule has 0 aliphatic rings. The molecule has 0 spiro atoms. The van der Waals surface area contributed by atoms with Crippen molar-refractivity contribution in [2.45, 2.75) is 18.9 Å². The Morgan fingerprint density at radius 2 is 2.38 bits per heavy atom. The van der Waals surface area contributed by atoms with Gasteiger partial charge in [0.05, 0.1) is 3.79 Å². The van der Waals surface area contributed by atoms with Gasteiger partial charge in [-0.1, -0.05) is 0 Å². The number of carboxylic acid groups (broad SMARTS) is 1. The molecule has 0 aliphatic heterocycles. The maximum absolute atomic E-state index is 10.3. The standard InChI is InChI=1S/C8H10BrNO2S/c9-7-3-2-6(13-7)5(10)1-4-8(11)12/h2-3,5H,1,4,10H2,(H,11,12). The number of thiophene rings is 1. The molecule has 1 aromatic rings. The summed E-state index contributed by atoms with van der Waals surface area (Å²) in [6.07, 6.45) is 0.610. The second-order valence-electron chi connectivity index (χ2n) is 2.68. The monoisotopic (exact) mass is 263 g/mol. The molecule has 5 heteroatoms. The van der Waals surface area contributed by atoms with Gasteiger partial charge < -0.3 is 10.8 Å². The molecule has 3 nitrogen and oxygen atoms in total. The summed E-state index contributed by atoms with van der Waals surface area (Å²) in [7, 11) is 0. The van der Waals surface area contributed by atoms with Crippen LogP contribution in [0.1, 0.15) is 23.8 Å². The molecule has 13 heavy (non-hydrogen) atoms. The van der Waals surface area contributed by atoms with Crippen molar-refractivity contribution < 1.29 is 9.90 Å². The van der Waals surface area contributed by atoms with Gasteiger partial charge in [0, 0.05) is 17.3 Å². The largest absolute Gasteiger partial charge is 0.481 e. The summed E-state index contributed by atoms with van der Waals surface area (Å²) in [5, 5.41) is 8.45. The fourth-order valence-electron chi connectivity index (χ4n) is 0.949. The minimum Gasteiger partial charge on any atom is -0.481 e. The molecule has 1 atom stereocenters. The Morgan fingerprint density at radius 3 is 2.85 bits per heavy atom. The molecule has 0 saturated carbocycles. The molecule has 1 unspecified atom stereocenters. The van der Waals surface area contributed by atoms with Crippen LogP contribution in [0.25, 0.3) is 0 Å². The molecule has 0 saturated heterocycles. The van der Waals surface area contributed by atoms with Crippen LogP contribution in [0.4, 0.5) is 0 Å². The molecule has 0 amide bonds. The Hall–Kier alpha value is -0.390. The van der Waals surface area contributed by atoms with E-state index < -0.39 is 5.97 Å². The van der Waals surface area contributed by atoms with Gasteiger partial charge >= 0.3 is 5.97 Å². The number of carbonyl (C=O) groups is 1. The average molecular weight is 264 g/mol. The van der Waals surface area contributed by atoms with Gasteiger partial charge in [-0.05, 0) is 34.5 Å². The van der Waals surface area contributed by atoms with Crippen LogP contribution in [-0.4, -0.2) is 11.1 Å². The van der Waals surface area contributed by atoms with Crippen LogP contribution < -0.4 is 5.73 Å². The van der Waals surface area contributed by atoms with Crippen molar-refractivity contribution in [2.75, 3.05) is 0 Å². The van der Waals surface area contributed by atoms with Gasteiger partial charge in [0.25, 0.3) is 0 Å². The second kappa shape index (κ2) is 4.74. The third-order valence-electron chi connectivity index (χ3n) is 1.63. The maximum Gasteiger partial charge on any atom is 0.303 e. The fraction of sp³-hybridized carbons (Fsp3) is 0.375. The highest BCUT2D eigenvalue weighted by Crippen LogP contribution is 2.28. The molecule has 1 heterocycles. The Bertz CT molecular complexity index is 300. The first-order valence-corrected chi connectivity index (χ1v) is 5.43. The van der Waals surface area contributed by atoms with Crippen LogP contribution in [0.5, 0.6) is 0 Å². The van der Waals surface area contributed by atoms with Crippen LogP contribution in [0, 0.1) is 0 Å². The quantitative estimate of drug-likeness (QED) is 0.877. The van der Waals surface area contributed by atoms with Crippen molar-refractivity contribution >= 4 is 33.2 Å². The number of hydrogen-bond donors (Lipinski definition) is 2. The molecule has 3 N–H and O–H groups in total. The van der Waals surface area contributed by atoms with E-state index in [-0.39, 0.29) is 12.5 Å². The van der Waals surface area contributed by atoms with E-state index in [1.54, 1.807) is 11.3 Å². The Morgan fingerprint density at radius 1 is 1.69 bits per heavy atom. The van der Waals surface area contributed by atoms with Crippen molar-refractivity contribution in [1.29, 1.82) is 0 Å². The third-order valence-corrected chi connectivity index (χ3v) is 3.38. The molecule has 72 valence electrons. The molecule has 1 rings (SSSR count). The van der Waals surface area contributed by atoms with Crippen LogP contribution in [0.15, 0.2) is 15.9 Å². The summed E-state index contributed by atoms with van der Waals surface area (Å²) < 4.78 is 1.02. The van der Waals surface area contributed by atoms with Gasteiger partial charge in [-0.2, -0.15) is 0 Å². The molecule has 0 aliphatic carbocycles. The molecular weight excluding hydrogens is 254 g/mol. The fourth-order valence-corrected chi connectivity index (χ4v) is 2.41. The van der Waals surface area contributed by atoms with Gasteiger partial charge in [0.15, 0.2) is 0 Å². The molecule has 0 radical (unpaired) electrons. The van der Waals surface area contributed by atoms with Gasteiger partial charge in [-0.3, -0.25) is 4.79 Å². The van der Waals surface area contributed by atoms with Gasteiger partial charge in [-0.15, -0.1) is 11.3 Å². The van der Waals surface area contributed by atoms with E-state index in [9.17, 15) is 4.79 Å². The number of rotatable bonds is 4. The Balaban J connectivity index is 2.48. The average Bonchev–Trinajstić information content (AvgIpc) is 2.47. The highest BCUT2D eigenvalue weighted by molar-refractivity contribution is 9.11. The molecule has 0 fully saturated rings. The van der Waals surface area contributed by atoms with Crippen molar-refractivity contribution in [3.8, 4) is 0 Å². The first kappa shape index (κ1) is 10.7. The Labute approximate surface area is 88.7 Å². The topological polar surface area (TPSA) is 63.3 Å². The lowest BCUT2D eigenvalue weighted by Crippen LogP contribution is -2.10. The van der Waals surface area contributed by atoms with Crippen LogP contribution in [-0.2, 0) is 4.79 Å². The van der Waals surface area contributed by atoms with Crippen molar-refractivity contribution in [1.82, 2.24) is 0 Å². The van der Waals surface area contributed by atoms with E-state index in [0.717, 1.165) is 8.66 Å². The van der Waals surface area contributed by atoms with E-state index in [1.165, 1.54) is 0 Å². The van der Waals surface area contributed by atoms with E-state index in [2.05, 4.69) is 15.9 Å². The van der Waals surface area contributed by atoms with E-state index in [1.807, 2.05) is 12.1 Å². The summed E-state index contributed by atoms with van der Waals surface area (Å²) in [5.41, 5.74) is 5.78. The lowest BCUT2D eigenvalue weighted by Gasteiger charge is -2.06. The second-order valence-corrected chi connectivity index (χ2v) is 5.18. The number of halogens is 1. The van der Waals surface area contributed by atoms with Crippen molar-refractivity contribution in [3.05, 3.63) is 20.8 Å². The highest BCUT2D eigenvalue weighted by atomic mass is 79.9. The smallest absolute Gasteiger partial charge is 0.303 e. The lowest BCUT2D eigenvalue weighted by molar-refractivity contribution is -0.137. The van der Waals surface area contributed by atoms with Crippen LogP contribution in [0.2, 0.25) is 0 Å². The maximum atomic E-state index is 10.3. The predicted molar refractivity (Wildman–Crippen MR) is 55.8 cm³/mol. The minimum absolute atomic E-state index is 0.122. The summed E-state index contributed by atoms with van der Waals surface area (Å²) >= 11 is 4.87. The van der Waals surface area contributed by atoms with E-state index in [4.69, 9.17) is 10.8 Å². The first-order valence-electron chi connectivity index (χ1n) is 3.82. The zero-order chi connectivity index (χ0) is 9.84. The van der Waals surface area contributed by atoms with Crippen molar-refractivity contribution in [3.63, 3.8) is 0 Å². The predicted octanol–water partition coefficient (Wildman–Crippen LogP) is 2.38. The molecule has 1 aromatic heterocycles. The zero-order valence-electron chi connectivity index (χ0n) is 6.87. The number of nitrogens with two attached hydrogens (primary N) is 1. The van der Waals surface area contributed by atoms with Gasteiger partial charge in [0.2, 0.25) is 0 Å². The van der Waals surface area contributed by atoms with E-state index >= 15 is 0 Å². The number of aliphatic carboxylic acids is 1. The normalized spacial score (nSPS) is 12.8. The third kappa shape index (κ3) is 3.46. The first-order chi connectivity index (χ1) is 6.09.